The first-order valence-electron chi connectivity index (χ1n) is 7.74. The molecule has 1 amide bonds. The van der Waals surface area contributed by atoms with Gasteiger partial charge in [-0.25, -0.2) is 0 Å². The first-order valence-corrected chi connectivity index (χ1v) is 7.74. The van der Waals surface area contributed by atoms with Crippen molar-refractivity contribution in [1.82, 2.24) is 5.32 Å². The van der Waals surface area contributed by atoms with E-state index in [0.717, 1.165) is 31.4 Å². The Labute approximate surface area is 131 Å². The van der Waals surface area contributed by atoms with Gasteiger partial charge in [0.15, 0.2) is 0 Å². The van der Waals surface area contributed by atoms with Gasteiger partial charge in [0.2, 0.25) is 5.91 Å². The summed E-state index contributed by atoms with van der Waals surface area (Å²) in [6, 6.07) is 7.17. The van der Waals surface area contributed by atoms with Gasteiger partial charge in [-0.15, -0.1) is 0 Å². The van der Waals surface area contributed by atoms with E-state index in [0.29, 0.717) is 12.2 Å². The summed E-state index contributed by atoms with van der Waals surface area (Å²) in [6.07, 6.45) is 3.62. The maximum atomic E-state index is 11.7. The first-order chi connectivity index (χ1) is 10.5. The van der Waals surface area contributed by atoms with Crippen LogP contribution in [0.25, 0.3) is 0 Å². The van der Waals surface area contributed by atoms with Gasteiger partial charge in [0.05, 0.1) is 12.3 Å². The average Bonchev–Trinajstić information content (AvgIpc) is 2.50. The van der Waals surface area contributed by atoms with Crippen LogP contribution < -0.4 is 10.1 Å². The zero-order valence-corrected chi connectivity index (χ0v) is 13.3. The van der Waals surface area contributed by atoms with Crippen molar-refractivity contribution in [3.63, 3.8) is 0 Å². The summed E-state index contributed by atoms with van der Waals surface area (Å²) in [6.45, 7) is 4.58. The molecule has 2 N–H and O–H groups in total. The molecule has 0 aliphatic rings. The maximum absolute atomic E-state index is 11.7. The molecule has 1 aromatic rings. The molecule has 1 rings (SSSR count). The summed E-state index contributed by atoms with van der Waals surface area (Å²) in [7, 11) is 0. The van der Waals surface area contributed by atoms with Gasteiger partial charge >= 0.3 is 5.97 Å². The van der Waals surface area contributed by atoms with Gasteiger partial charge in [-0.1, -0.05) is 31.9 Å². The van der Waals surface area contributed by atoms with Crippen molar-refractivity contribution in [3.05, 3.63) is 29.8 Å². The van der Waals surface area contributed by atoms with Gasteiger partial charge < -0.3 is 15.2 Å². The largest absolute Gasteiger partial charge is 0.493 e. The molecule has 1 atom stereocenters. The molecule has 1 unspecified atom stereocenters. The van der Waals surface area contributed by atoms with Crippen LogP contribution in [-0.2, 0) is 16.0 Å². The number of benzene rings is 1. The second-order valence-corrected chi connectivity index (χ2v) is 5.43. The van der Waals surface area contributed by atoms with Gasteiger partial charge in [-0.05, 0) is 31.0 Å². The van der Waals surface area contributed by atoms with Crippen LogP contribution in [-0.4, -0.2) is 30.1 Å². The first kappa shape index (κ1) is 18.0. The van der Waals surface area contributed by atoms with Gasteiger partial charge in [-0.3, -0.25) is 9.59 Å². The monoisotopic (exact) mass is 307 g/mol. The minimum Gasteiger partial charge on any atom is -0.493 e. The number of rotatable bonds is 10. The molecular formula is C17H25NO4. The van der Waals surface area contributed by atoms with E-state index >= 15 is 0 Å². The van der Waals surface area contributed by atoms with Gasteiger partial charge in [0.25, 0.3) is 0 Å². The number of hydrogen-bond donors (Lipinski definition) is 2. The second-order valence-electron chi connectivity index (χ2n) is 5.43. The number of unbranched alkanes of at least 4 members (excludes halogenated alkanes) is 2. The van der Waals surface area contributed by atoms with Crippen molar-refractivity contribution >= 4 is 11.9 Å². The molecule has 122 valence electrons. The Balaban J connectivity index is 2.35. The quantitative estimate of drug-likeness (QED) is 0.652. The zero-order chi connectivity index (χ0) is 16.4. The van der Waals surface area contributed by atoms with E-state index in [1.165, 1.54) is 0 Å². The number of carbonyl (C=O) groups excluding carboxylic acids is 1. The van der Waals surface area contributed by atoms with Crippen molar-refractivity contribution in [2.24, 2.45) is 5.92 Å². The number of amides is 1. The molecule has 0 saturated carbocycles. The molecule has 0 bridgehead atoms. The molecule has 0 radical (unpaired) electrons. The van der Waals surface area contributed by atoms with Crippen LogP contribution in [0.5, 0.6) is 5.75 Å². The maximum Gasteiger partial charge on any atom is 0.309 e. The number of nitrogens with one attached hydrogen (secondary N) is 1. The van der Waals surface area contributed by atoms with Crippen molar-refractivity contribution in [1.29, 1.82) is 0 Å². The van der Waals surface area contributed by atoms with E-state index in [4.69, 9.17) is 9.84 Å². The van der Waals surface area contributed by atoms with E-state index in [9.17, 15) is 9.59 Å². The molecular weight excluding hydrogens is 282 g/mol. The lowest BCUT2D eigenvalue weighted by molar-refractivity contribution is -0.142. The van der Waals surface area contributed by atoms with Crippen LogP contribution in [0.4, 0.5) is 0 Å². The summed E-state index contributed by atoms with van der Waals surface area (Å²) in [5.41, 5.74) is 0.909. The van der Waals surface area contributed by atoms with Crippen LogP contribution >= 0.6 is 0 Å². The summed E-state index contributed by atoms with van der Waals surface area (Å²) < 4.78 is 5.40. The van der Waals surface area contributed by atoms with E-state index in [1.54, 1.807) is 19.1 Å². The molecule has 1 aromatic carbocycles. The summed E-state index contributed by atoms with van der Waals surface area (Å²) in [5.74, 6) is -0.797. The van der Waals surface area contributed by atoms with Gasteiger partial charge in [0.1, 0.15) is 12.4 Å². The number of carbonyl (C=O) groups is 2. The Kier molecular flexibility index (Phi) is 8.04. The lowest BCUT2D eigenvalue weighted by Gasteiger charge is -2.10. The fraction of sp³-hybridized carbons (Fsp3) is 0.529. The van der Waals surface area contributed by atoms with E-state index in [1.807, 2.05) is 12.1 Å². The van der Waals surface area contributed by atoms with Crippen LogP contribution in [0.3, 0.4) is 0 Å². The lowest BCUT2D eigenvalue weighted by atomic mass is 10.1. The smallest absolute Gasteiger partial charge is 0.309 e. The number of ether oxygens (including phenoxy) is 1. The highest BCUT2D eigenvalue weighted by molar-refractivity contribution is 5.78. The number of hydrogen-bond acceptors (Lipinski definition) is 3. The third-order valence-corrected chi connectivity index (χ3v) is 3.31. The van der Waals surface area contributed by atoms with E-state index < -0.39 is 11.9 Å². The minimum atomic E-state index is -0.878. The highest BCUT2D eigenvalue weighted by atomic mass is 16.5. The standard InChI is InChI=1S/C17H25NO4/c1-3-4-5-10-18-16(19)11-14-6-8-15(9-7-14)22-12-13(2)17(20)21/h6-9,13H,3-5,10-12H2,1-2H3,(H,18,19)(H,20,21). The van der Waals surface area contributed by atoms with Crippen LogP contribution in [0.2, 0.25) is 0 Å². The lowest BCUT2D eigenvalue weighted by Crippen LogP contribution is -2.26. The Bertz CT molecular complexity index is 470. The Morgan fingerprint density at radius 3 is 2.50 bits per heavy atom. The van der Waals surface area contributed by atoms with E-state index in [-0.39, 0.29) is 12.5 Å². The molecule has 0 saturated heterocycles. The molecule has 0 spiro atoms. The summed E-state index contributed by atoms with van der Waals surface area (Å²) in [5, 5.41) is 11.7. The van der Waals surface area contributed by atoms with Crippen molar-refractivity contribution in [2.45, 2.75) is 39.5 Å². The Morgan fingerprint density at radius 1 is 1.23 bits per heavy atom. The van der Waals surface area contributed by atoms with Gasteiger partial charge in [-0.2, -0.15) is 0 Å². The molecule has 5 nitrogen and oxygen atoms in total. The summed E-state index contributed by atoms with van der Waals surface area (Å²) in [4.78, 5) is 22.4. The van der Waals surface area contributed by atoms with E-state index in [2.05, 4.69) is 12.2 Å². The minimum absolute atomic E-state index is 0.0178. The fourth-order valence-electron chi connectivity index (χ4n) is 1.85. The topological polar surface area (TPSA) is 75.6 Å². The third-order valence-electron chi connectivity index (χ3n) is 3.31. The molecule has 0 aromatic heterocycles. The highest BCUT2D eigenvalue weighted by Gasteiger charge is 2.11. The summed E-state index contributed by atoms with van der Waals surface area (Å²) >= 11 is 0. The predicted octanol–water partition coefficient (Wildman–Crippen LogP) is 2.63. The van der Waals surface area contributed by atoms with Crippen LogP contribution in [0.1, 0.15) is 38.7 Å². The number of carboxylic acids is 1. The molecule has 0 aliphatic heterocycles. The SMILES string of the molecule is CCCCCNC(=O)Cc1ccc(OCC(C)C(=O)O)cc1. The second kappa shape index (κ2) is 9.82. The zero-order valence-electron chi connectivity index (χ0n) is 13.3. The molecule has 0 aliphatic carbocycles. The normalized spacial score (nSPS) is 11.7. The van der Waals surface area contributed by atoms with Crippen LogP contribution in [0.15, 0.2) is 24.3 Å². The van der Waals surface area contributed by atoms with Gasteiger partial charge in [0, 0.05) is 6.54 Å². The number of carboxylic acid groups (broad SMARTS) is 1. The molecule has 5 heteroatoms. The average molecular weight is 307 g/mol. The number of aliphatic carboxylic acids is 1. The van der Waals surface area contributed by atoms with Crippen molar-refractivity contribution in [3.8, 4) is 5.75 Å². The third kappa shape index (κ3) is 7.11. The highest BCUT2D eigenvalue weighted by Crippen LogP contribution is 2.13. The van der Waals surface area contributed by atoms with Crippen LogP contribution in [0, 0.1) is 5.92 Å². The predicted molar refractivity (Wildman–Crippen MR) is 85.0 cm³/mol. The molecule has 0 fully saturated rings. The molecule has 0 heterocycles. The van der Waals surface area contributed by atoms with Crippen molar-refractivity contribution in [2.75, 3.05) is 13.2 Å². The van der Waals surface area contributed by atoms with Crippen molar-refractivity contribution < 1.29 is 19.4 Å². The Hall–Kier alpha value is -2.04. The molecule has 22 heavy (non-hydrogen) atoms. The Morgan fingerprint density at radius 2 is 1.91 bits per heavy atom. The fourth-order valence-corrected chi connectivity index (χ4v) is 1.85.